The van der Waals surface area contributed by atoms with E-state index in [4.69, 9.17) is 0 Å². The zero-order chi connectivity index (χ0) is 25.4. The average molecular weight is 493 g/mol. The molecule has 5 rings (SSSR count). The number of anilines is 2. The Morgan fingerprint density at radius 1 is 0.778 bits per heavy atom. The van der Waals surface area contributed by atoms with Crippen LogP contribution in [0.15, 0.2) is 72.8 Å². The van der Waals surface area contributed by atoms with E-state index in [2.05, 4.69) is 23.6 Å². The highest BCUT2D eigenvalue weighted by Gasteiger charge is 2.44. The topological polar surface area (TPSA) is 23.6 Å². The van der Waals surface area contributed by atoms with Crippen LogP contribution >= 0.6 is 0 Å². The summed E-state index contributed by atoms with van der Waals surface area (Å²) < 4.78 is 42.0. The molecule has 3 nitrogen and oxygen atoms in total. The first-order valence-corrected chi connectivity index (χ1v) is 12.6. The van der Waals surface area contributed by atoms with E-state index in [9.17, 15) is 18.0 Å². The zero-order valence-electron chi connectivity index (χ0n) is 20.6. The van der Waals surface area contributed by atoms with Crippen molar-refractivity contribution in [3.8, 4) is 0 Å². The lowest BCUT2D eigenvalue weighted by molar-refractivity contribution is -0.127. The van der Waals surface area contributed by atoms with Gasteiger partial charge in [-0.2, -0.15) is 0 Å². The van der Waals surface area contributed by atoms with Crippen molar-refractivity contribution in [2.45, 2.75) is 44.7 Å². The first kappa shape index (κ1) is 24.4. The van der Waals surface area contributed by atoms with Crippen LogP contribution in [0.2, 0.25) is 0 Å². The van der Waals surface area contributed by atoms with Gasteiger partial charge in [0.15, 0.2) is 0 Å². The lowest BCUT2D eigenvalue weighted by atomic mass is 9.75. The van der Waals surface area contributed by atoms with Gasteiger partial charge >= 0.3 is 0 Å². The normalized spacial score (nSPS) is 26.3. The average Bonchev–Trinajstić information content (AvgIpc) is 3.30. The maximum Gasteiger partial charge on any atom is 0.141 e. The Balaban J connectivity index is 1.40. The number of rotatable bonds is 5. The molecule has 3 aromatic rings. The molecule has 0 N–H and O–H groups in total. The number of para-hydroxylation sites is 1. The molecule has 36 heavy (non-hydrogen) atoms. The molecule has 1 unspecified atom stereocenters. The summed E-state index contributed by atoms with van der Waals surface area (Å²) in [7, 11) is 0. The summed E-state index contributed by atoms with van der Waals surface area (Å²) in [4.78, 5) is 18.4. The molecule has 6 heteroatoms. The molecule has 2 fully saturated rings. The summed E-state index contributed by atoms with van der Waals surface area (Å²) in [6.45, 7) is 5.20. The molecule has 2 heterocycles. The molecule has 0 aliphatic carbocycles. The molecule has 2 saturated heterocycles. The van der Waals surface area contributed by atoms with Crippen molar-refractivity contribution in [2.24, 2.45) is 11.8 Å². The van der Waals surface area contributed by atoms with Gasteiger partial charge in [0.1, 0.15) is 23.2 Å². The number of carbonyl (C=O) groups is 1. The fraction of sp³-hybridized carbons (Fsp3) is 0.367. The fourth-order valence-corrected chi connectivity index (χ4v) is 6.30. The Kier molecular flexibility index (Phi) is 6.78. The molecule has 3 aromatic carbocycles. The largest absolute Gasteiger partial charge is 0.370 e. The molecular formula is C30H31F3N2O. The first-order valence-electron chi connectivity index (χ1n) is 12.6. The standard InChI is InChI=1S/C30H31F3N2O/c1-19-14-21(15-20(2)35(19)25-11-8-22(31)9-12-25)30(36)28-18-34(24-6-4-3-5-7-24)17-27(28)26-13-10-23(32)16-29(26)33/h3-13,16,19-21,27-28H,14-15,17-18H2,1-2H3/t19-,20+,21?,27-,28+/m0/s1. The number of hydrogen-bond donors (Lipinski definition) is 0. The van der Waals surface area contributed by atoms with E-state index in [-0.39, 0.29) is 41.4 Å². The van der Waals surface area contributed by atoms with Crippen LogP contribution in [-0.4, -0.2) is 31.0 Å². The highest BCUT2D eigenvalue weighted by atomic mass is 19.1. The minimum absolute atomic E-state index is 0.0980. The van der Waals surface area contributed by atoms with Crippen molar-refractivity contribution in [2.75, 3.05) is 22.9 Å². The van der Waals surface area contributed by atoms with Crippen LogP contribution < -0.4 is 9.80 Å². The first-order chi connectivity index (χ1) is 17.3. The van der Waals surface area contributed by atoms with Crippen LogP contribution in [0, 0.1) is 29.3 Å². The van der Waals surface area contributed by atoms with Crippen molar-refractivity contribution in [3.63, 3.8) is 0 Å². The molecule has 0 radical (unpaired) electrons. The van der Waals surface area contributed by atoms with E-state index < -0.39 is 11.6 Å². The lowest BCUT2D eigenvalue weighted by Crippen LogP contribution is -2.49. The third kappa shape index (κ3) is 4.73. The minimum Gasteiger partial charge on any atom is -0.370 e. The Labute approximate surface area is 210 Å². The number of halogens is 3. The third-order valence-corrected chi connectivity index (χ3v) is 7.90. The Morgan fingerprint density at radius 2 is 1.42 bits per heavy atom. The van der Waals surface area contributed by atoms with Crippen molar-refractivity contribution in [1.82, 2.24) is 0 Å². The second-order valence-electron chi connectivity index (χ2n) is 10.3. The highest BCUT2D eigenvalue weighted by molar-refractivity contribution is 5.86. The number of ketones is 1. The van der Waals surface area contributed by atoms with E-state index in [0.29, 0.717) is 31.5 Å². The van der Waals surface area contributed by atoms with E-state index in [1.807, 2.05) is 30.3 Å². The van der Waals surface area contributed by atoms with Gasteiger partial charge in [-0.05, 0) is 74.7 Å². The van der Waals surface area contributed by atoms with Crippen molar-refractivity contribution < 1.29 is 18.0 Å². The molecule has 0 saturated carbocycles. The molecule has 2 aliphatic heterocycles. The Morgan fingerprint density at radius 3 is 2.06 bits per heavy atom. The van der Waals surface area contributed by atoms with Crippen molar-refractivity contribution in [1.29, 1.82) is 0 Å². The minimum atomic E-state index is -0.618. The number of Topliss-reactive ketones (excluding diaryl/α,β-unsaturated/α-hetero) is 1. The van der Waals surface area contributed by atoms with Gasteiger partial charge in [0.25, 0.3) is 0 Å². The smallest absolute Gasteiger partial charge is 0.141 e. The summed E-state index contributed by atoms with van der Waals surface area (Å²) in [5, 5.41) is 0. The van der Waals surface area contributed by atoms with Crippen LogP contribution in [-0.2, 0) is 4.79 Å². The number of hydrogen-bond acceptors (Lipinski definition) is 3. The Bertz CT molecular complexity index is 1200. The van der Waals surface area contributed by atoms with E-state index in [1.165, 1.54) is 24.3 Å². The van der Waals surface area contributed by atoms with Crippen LogP contribution in [0.4, 0.5) is 24.5 Å². The lowest BCUT2D eigenvalue weighted by Gasteiger charge is -2.44. The van der Waals surface area contributed by atoms with Gasteiger partial charge in [0.05, 0.1) is 0 Å². The van der Waals surface area contributed by atoms with Gasteiger partial charge in [0.2, 0.25) is 0 Å². The summed E-state index contributed by atoms with van der Waals surface area (Å²) in [6.07, 6.45) is 1.36. The molecular weight excluding hydrogens is 461 g/mol. The quantitative estimate of drug-likeness (QED) is 0.402. The van der Waals surface area contributed by atoms with E-state index >= 15 is 0 Å². The van der Waals surface area contributed by atoms with Gasteiger partial charge in [0, 0.05) is 60.4 Å². The molecule has 0 aromatic heterocycles. The third-order valence-electron chi connectivity index (χ3n) is 7.90. The molecule has 2 aliphatic rings. The number of nitrogens with zero attached hydrogens (tertiary/aromatic N) is 2. The van der Waals surface area contributed by atoms with Crippen LogP contribution in [0.3, 0.4) is 0 Å². The predicted octanol–water partition coefficient (Wildman–Crippen LogP) is 6.59. The van der Waals surface area contributed by atoms with Gasteiger partial charge < -0.3 is 9.80 Å². The van der Waals surface area contributed by atoms with E-state index in [0.717, 1.165) is 17.4 Å². The van der Waals surface area contributed by atoms with Crippen molar-refractivity contribution >= 4 is 17.2 Å². The second-order valence-corrected chi connectivity index (χ2v) is 10.3. The SMILES string of the molecule is C[C@@H]1CC(C(=O)[C@@H]2CN(c3ccccc3)C[C@H]2c2ccc(F)cc2F)C[C@H](C)N1c1ccc(F)cc1. The molecule has 0 amide bonds. The van der Waals surface area contributed by atoms with E-state index in [1.54, 1.807) is 12.1 Å². The molecule has 188 valence electrons. The molecule has 5 atom stereocenters. The van der Waals surface area contributed by atoms with Gasteiger partial charge in [-0.15, -0.1) is 0 Å². The van der Waals surface area contributed by atoms with Crippen LogP contribution in [0.25, 0.3) is 0 Å². The monoisotopic (exact) mass is 492 g/mol. The number of benzene rings is 3. The summed E-state index contributed by atoms with van der Waals surface area (Å²) in [6, 6.07) is 20.2. The maximum absolute atomic E-state index is 14.9. The predicted molar refractivity (Wildman–Crippen MR) is 137 cm³/mol. The second kappa shape index (κ2) is 10.00. The van der Waals surface area contributed by atoms with Gasteiger partial charge in [-0.25, -0.2) is 13.2 Å². The van der Waals surface area contributed by atoms with Crippen molar-refractivity contribution in [3.05, 3.63) is 95.8 Å². The number of carbonyl (C=O) groups excluding carboxylic acids is 1. The summed E-state index contributed by atoms with van der Waals surface area (Å²) >= 11 is 0. The zero-order valence-corrected chi connectivity index (χ0v) is 20.6. The molecule has 0 spiro atoms. The summed E-state index contributed by atoms with van der Waals surface area (Å²) in [5.74, 6) is -2.22. The van der Waals surface area contributed by atoms with Gasteiger partial charge in [-0.1, -0.05) is 24.3 Å². The maximum atomic E-state index is 14.9. The highest BCUT2D eigenvalue weighted by Crippen LogP contribution is 2.41. The summed E-state index contributed by atoms with van der Waals surface area (Å²) in [5.41, 5.74) is 2.34. The fourth-order valence-electron chi connectivity index (χ4n) is 6.30. The van der Waals surface area contributed by atoms with Crippen LogP contribution in [0.1, 0.15) is 38.2 Å². The number of piperidine rings is 1. The molecule has 0 bridgehead atoms. The Hall–Kier alpha value is -3.28. The van der Waals surface area contributed by atoms with Gasteiger partial charge in [-0.3, -0.25) is 4.79 Å². The van der Waals surface area contributed by atoms with Crippen LogP contribution in [0.5, 0.6) is 0 Å².